The van der Waals surface area contributed by atoms with E-state index in [4.69, 9.17) is 4.98 Å². The third-order valence-corrected chi connectivity index (χ3v) is 6.83. The summed E-state index contributed by atoms with van der Waals surface area (Å²) >= 11 is 1.45. The third kappa shape index (κ3) is 4.96. The van der Waals surface area contributed by atoms with Crippen LogP contribution in [-0.2, 0) is 6.42 Å². The van der Waals surface area contributed by atoms with Crippen molar-refractivity contribution in [3.05, 3.63) is 101 Å². The second kappa shape index (κ2) is 9.55. The molecule has 0 N–H and O–H groups in total. The van der Waals surface area contributed by atoms with Gasteiger partial charge in [0.05, 0.1) is 0 Å². The van der Waals surface area contributed by atoms with Gasteiger partial charge in [0.2, 0.25) is 5.13 Å². The molecule has 1 aromatic heterocycles. The highest BCUT2D eigenvalue weighted by atomic mass is 32.1. The minimum absolute atomic E-state index is 0.0894. The minimum atomic E-state index is 0.0894. The average molecular weight is 455 g/mol. The van der Waals surface area contributed by atoms with E-state index in [1.807, 2.05) is 47.4 Å². The van der Waals surface area contributed by atoms with Crippen LogP contribution in [0.3, 0.4) is 0 Å². The molecule has 0 spiro atoms. The summed E-state index contributed by atoms with van der Waals surface area (Å²) < 4.78 is 4.55. The molecule has 0 bridgehead atoms. The number of benzene rings is 3. The zero-order chi connectivity index (χ0) is 22.6. The molecule has 0 radical (unpaired) electrons. The van der Waals surface area contributed by atoms with Gasteiger partial charge in [-0.1, -0.05) is 72.3 Å². The monoisotopic (exact) mass is 454 g/mol. The Morgan fingerprint density at radius 1 is 0.848 bits per heavy atom. The number of rotatable bonds is 5. The Kier molecular flexibility index (Phi) is 6.17. The Morgan fingerprint density at radius 2 is 1.52 bits per heavy atom. The van der Waals surface area contributed by atoms with Crippen molar-refractivity contribution in [1.29, 1.82) is 0 Å². The number of hydrogen-bond donors (Lipinski definition) is 0. The van der Waals surface area contributed by atoms with E-state index in [1.165, 1.54) is 22.7 Å². The molecule has 0 unspecified atom stereocenters. The highest BCUT2D eigenvalue weighted by Gasteiger charge is 2.24. The summed E-state index contributed by atoms with van der Waals surface area (Å²) in [6, 6.07) is 26.6. The van der Waals surface area contributed by atoms with Crippen LogP contribution in [0.1, 0.15) is 27.3 Å². The lowest BCUT2D eigenvalue weighted by Crippen LogP contribution is -2.48. The molecule has 3 aromatic carbocycles. The van der Waals surface area contributed by atoms with Gasteiger partial charge in [-0.15, -0.1) is 0 Å². The lowest BCUT2D eigenvalue weighted by Gasteiger charge is -2.34. The number of carbonyl (C=O) groups excluding carboxylic acids is 1. The first-order chi connectivity index (χ1) is 16.2. The molecule has 1 saturated heterocycles. The molecular formula is C27H26N4OS. The number of piperazine rings is 1. The van der Waals surface area contributed by atoms with Crippen LogP contribution in [0.25, 0.3) is 11.1 Å². The van der Waals surface area contributed by atoms with Crippen molar-refractivity contribution in [3.63, 3.8) is 0 Å². The predicted octanol–water partition coefficient (Wildman–Crippen LogP) is 5.07. The topological polar surface area (TPSA) is 49.3 Å². The van der Waals surface area contributed by atoms with Gasteiger partial charge in [0.15, 0.2) is 0 Å². The number of aryl methyl sites for hydroxylation is 1. The first-order valence-electron chi connectivity index (χ1n) is 11.2. The van der Waals surface area contributed by atoms with Crippen LogP contribution in [0.15, 0.2) is 78.9 Å². The van der Waals surface area contributed by atoms with Gasteiger partial charge in [0, 0.05) is 49.7 Å². The molecule has 2 heterocycles. The van der Waals surface area contributed by atoms with Gasteiger partial charge in [0.1, 0.15) is 5.82 Å². The number of amides is 1. The zero-order valence-electron chi connectivity index (χ0n) is 18.6. The molecule has 33 heavy (non-hydrogen) atoms. The molecule has 0 aliphatic carbocycles. The summed E-state index contributed by atoms with van der Waals surface area (Å²) in [6.07, 6.45) is 0.744. The van der Waals surface area contributed by atoms with Gasteiger partial charge in [-0.3, -0.25) is 4.79 Å². The van der Waals surface area contributed by atoms with Crippen LogP contribution in [0.2, 0.25) is 0 Å². The van der Waals surface area contributed by atoms with E-state index in [2.05, 4.69) is 52.6 Å². The maximum Gasteiger partial charge on any atom is 0.253 e. The van der Waals surface area contributed by atoms with E-state index < -0.39 is 0 Å². The smallest absolute Gasteiger partial charge is 0.253 e. The molecule has 0 atom stereocenters. The maximum absolute atomic E-state index is 13.0. The van der Waals surface area contributed by atoms with Gasteiger partial charge < -0.3 is 9.80 Å². The maximum atomic E-state index is 13.0. The van der Waals surface area contributed by atoms with Crippen molar-refractivity contribution in [1.82, 2.24) is 14.3 Å². The van der Waals surface area contributed by atoms with Crippen molar-refractivity contribution in [2.24, 2.45) is 0 Å². The van der Waals surface area contributed by atoms with Crippen LogP contribution in [0, 0.1) is 6.92 Å². The van der Waals surface area contributed by atoms with Crippen LogP contribution in [0.5, 0.6) is 0 Å². The van der Waals surface area contributed by atoms with Crippen LogP contribution in [-0.4, -0.2) is 46.3 Å². The fourth-order valence-electron chi connectivity index (χ4n) is 4.05. The molecule has 1 aliphatic rings. The Morgan fingerprint density at radius 3 is 2.21 bits per heavy atom. The van der Waals surface area contributed by atoms with E-state index in [0.29, 0.717) is 13.1 Å². The van der Waals surface area contributed by atoms with Crippen molar-refractivity contribution in [2.75, 3.05) is 31.1 Å². The molecule has 1 aliphatic heterocycles. The summed E-state index contributed by atoms with van der Waals surface area (Å²) in [6.45, 7) is 5.01. The highest BCUT2D eigenvalue weighted by molar-refractivity contribution is 7.09. The van der Waals surface area contributed by atoms with E-state index in [-0.39, 0.29) is 5.91 Å². The number of nitrogens with zero attached hydrogens (tertiary/aromatic N) is 4. The van der Waals surface area contributed by atoms with E-state index in [1.54, 1.807) is 0 Å². The van der Waals surface area contributed by atoms with Gasteiger partial charge in [-0.25, -0.2) is 4.98 Å². The van der Waals surface area contributed by atoms with E-state index in [0.717, 1.165) is 47.2 Å². The van der Waals surface area contributed by atoms with Crippen molar-refractivity contribution < 1.29 is 4.79 Å². The molecule has 0 saturated carbocycles. The number of carbonyl (C=O) groups is 1. The minimum Gasteiger partial charge on any atom is -0.343 e. The number of aromatic nitrogens is 2. The Hall–Kier alpha value is -3.51. The molecular weight excluding hydrogens is 428 g/mol. The largest absolute Gasteiger partial charge is 0.343 e. The van der Waals surface area contributed by atoms with E-state index in [9.17, 15) is 4.79 Å². The summed E-state index contributed by atoms with van der Waals surface area (Å²) in [5.41, 5.74) is 5.49. The van der Waals surface area contributed by atoms with Crippen molar-refractivity contribution >= 4 is 22.6 Å². The SMILES string of the molecule is Cc1ccc(Cc2nsc(N3CCN(C(=O)c4ccc(-c5ccccc5)cc4)CC3)n2)cc1. The van der Waals surface area contributed by atoms with Crippen LogP contribution in [0.4, 0.5) is 5.13 Å². The number of hydrogen-bond acceptors (Lipinski definition) is 5. The lowest BCUT2D eigenvalue weighted by atomic mass is 10.0. The normalized spacial score (nSPS) is 13.8. The molecule has 5 rings (SSSR count). The summed E-state index contributed by atoms with van der Waals surface area (Å²) in [4.78, 5) is 21.9. The van der Waals surface area contributed by atoms with Gasteiger partial charge in [-0.05, 0) is 35.7 Å². The number of anilines is 1. The fourth-order valence-corrected chi connectivity index (χ4v) is 4.79. The first-order valence-corrected chi connectivity index (χ1v) is 12.0. The first kappa shape index (κ1) is 21.3. The van der Waals surface area contributed by atoms with Crippen LogP contribution < -0.4 is 4.90 Å². The zero-order valence-corrected chi connectivity index (χ0v) is 19.5. The fraction of sp³-hybridized carbons (Fsp3) is 0.222. The van der Waals surface area contributed by atoms with Gasteiger partial charge in [-0.2, -0.15) is 4.37 Å². The Bertz CT molecular complexity index is 1210. The molecule has 5 nitrogen and oxygen atoms in total. The average Bonchev–Trinajstić information content (AvgIpc) is 3.34. The van der Waals surface area contributed by atoms with Gasteiger partial charge in [0.25, 0.3) is 5.91 Å². The third-order valence-electron chi connectivity index (χ3n) is 6.02. The Labute approximate surface area is 198 Å². The molecule has 4 aromatic rings. The molecule has 6 heteroatoms. The highest BCUT2D eigenvalue weighted by Crippen LogP contribution is 2.23. The second-order valence-corrected chi connectivity index (χ2v) is 9.11. The summed E-state index contributed by atoms with van der Waals surface area (Å²) in [7, 11) is 0. The lowest BCUT2D eigenvalue weighted by molar-refractivity contribution is 0.0747. The quantitative estimate of drug-likeness (QED) is 0.423. The molecule has 1 fully saturated rings. The van der Waals surface area contributed by atoms with Crippen LogP contribution >= 0.6 is 11.5 Å². The molecule has 166 valence electrons. The van der Waals surface area contributed by atoms with E-state index >= 15 is 0 Å². The summed E-state index contributed by atoms with van der Waals surface area (Å²) in [5, 5.41) is 0.941. The predicted molar refractivity (Wildman–Crippen MR) is 134 cm³/mol. The second-order valence-electron chi connectivity index (χ2n) is 8.38. The standard InChI is InChI=1S/C27H26N4OS/c1-20-7-9-21(10-8-20)19-25-28-27(33-29-25)31-17-15-30(16-18-31)26(32)24-13-11-23(12-14-24)22-5-3-2-4-6-22/h2-14H,15-19H2,1H3. The summed E-state index contributed by atoms with van der Waals surface area (Å²) in [5.74, 6) is 0.947. The Balaban J connectivity index is 1.17. The van der Waals surface area contributed by atoms with Crippen molar-refractivity contribution in [3.8, 4) is 11.1 Å². The molecule has 1 amide bonds. The van der Waals surface area contributed by atoms with Gasteiger partial charge >= 0.3 is 0 Å². The van der Waals surface area contributed by atoms with Crippen molar-refractivity contribution in [2.45, 2.75) is 13.3 Å².